The highest BCUT2D eigenvalue weighted by Gasteiger charge is 2.12. The molecule has 5 nitrogen and oxygen atoms in total. The minimum atomic E-state index is -0.361. The monoisotopic (exact) mass is 315 g/mol. The van der Waals surface area contributed by atoms with Crippen molar-refractivity contribution in [3.63, 3.8) is 0 Å². The van der Waals surface area contributed by atoms with Gasteiger partial charge in [0.1, 0.15) is 5.82 Å². The van der Waals surface area contributed by atoms with E-state index in [0.29, 0.717) is 22.3 Å². The molecule has 0 unspecified atom stereocenters. The van der Waals surface area contributed by atoms with Gasteiger partial charge in [0, 0.05) is 22.4 Å². The fraction of sp³-hybridized carbons (Fsp3) is 0. The molecule has 0 aliphatic heterocycles. The van der Waals surface area contributed by atoms with E-state index in [1.54, 1.807) is 18.2 Å². The summed E-state index contributed by atoms with van der Waals surface area (Å²) in [7, 11) is 0. The molecular formula is C19H13N3O2. The SMILES string of the molecule is O=C(Nc1ccc2ccccc2n1)c1cc(=O)[nH]c2ccccc12. The minimum Gasteiger partial charge on any atom is -0.322 e. The first-order valence-corrected chi connectivity index (χ1v) is 7.50. The summed E-state index contributed by atoms with van der Waals surface area (Å²) >= 11 is 0. The number of carbonyl (C=O) groups excluding carboxylic acids is 1. The van der Waals surface area contributed by atoms with E-state index < -0.39 is 0 Å². The lowest BCUT2D eigenvalue weighted by Gasteiger charge is -2.08. The fourth-order valence-corrected chi connectivity index (χ4v) is 2.71. The van der Waals surface area contributed by atoms with Crippen LogP contribution < -0.4 is 10.9 Å². The second kappa shape index (κ2) is 5.62. The summed E-state index contributed by atoms with van der Waals surface area (Å²) in [6.07, 6.45) is 0. The zero-order chi connectivity index (χ0) is 16.5. The number of pyridine rings is 2. The molecule has 24 heavy (non-hydrogen) atoms. The Morgan fingerprint density at radius 2 is 1.75 bits per heavy atom. The lowest BCUT2D eigenvalue weighted by atomic mass is 10.1. The van der Waals surface area contributed by atoms with Gasteiger partial charge in [-0.25, -0.2) is 4.98 Å². The van der Waals surface area contributed by atoms with Gasteiger partial charge in [0.15, 0.2) is 0 Å². The van der Waals surface area contributed by atoms with E-state index in [0.717, 1.165) is 10.9 Å². The molecule has 2 N–H and O–H groups in total. The number of fused-ring (bicyclic) bond motifs is 2. The van der Waals surface area contributed by atoms with Gasteiger partial charge in [-0.05, 0) is 24.3 Å². The molecule has 0 aliphatic carbocycles. The van der Waals surface area contributed by atoms with Crippen LogP contribution in [0.3, 0.4) is 0 Å². The molecule has 4 aromatic rings. The zero-order valence-electron chi connectivity index (χ0n) is 12.6. The minimum absolute atomic E-state index is 0.315. The van der Waals surface area contributed by atoms with Crippen molar-refractivity contribution in [2.45, 2.75) is 0 Å². The summed E-state index contributed by atoms with van der Waals surface area (Å²) in [6.45, 7) is 0. The van der Waals surface area contributed by atoms with Crippen LogP contribution in [-0.4, -0.2) is 15.9 Å². The summed E-state index contributed by atoms with van der Waals surface area (Å²) in [5.41, 5.74) is 1.43. The first-order valence-electron chi connectivity index (χ1n) is 7.50. The molecule has 5 heteroatoms. The summed E-state index contributed by atoms with van der Waals surface area (Å²) in [5, 5.41) is 4.45. The van der Waals surface area contributed by atoms with Crippen LogP contribution in [0.25, 0.3) is 21.8 Å². The molecule has 2 heterocycles. The Hall–Kier alpha value is -3.47. The van der Waals surface area contributed by atoms with Crippen LogP contribution in [0.2, 0.25) is 0 Å². The van der Waals surface area contributed by atoms with Crippen molar-refractivity contribution in [3.8, 4) is 0 Å². The molecule has 0 radical (unpaired) electrons. The molecule has 116 valence electrons. The van der Waals surface area contributed by atoms with Crippen molar-refractivity contribution < 1.29 is 4.79 Å². The van der Waals surface area contributed by atoms with Gasteiger partial charge in [-0.1, -0.05) is 36.4 Å². The van der Waals surface area contributed by atoms with Gasteiger partial charge >= 0.3 is 0 Å². The van der Waals surface area contributed by atoms with E-state index in [9.17, 15) is 9.59 Å². The predicted octanol–water partition coefficient (Wildman–Crippen LogP) is 3.33. The number of hydrogen-bond acceptors (Lipinski definition) is 3. The fourth-order valence-electron chi connectivity index (χ4n) is 2.71. The molecule has 2 aromatic carbocycles. The molecule has 0 spiro atoms. The van der Waals surface area contributed by atoms with E-state index in [1.807, 2.05) is 42.5 Å². The van der Waals surface area contributed by atoms with Crippen LogP contribution in [0, 0.1) is 0 Å². The third kappa shape index (κ3) is 2.52. The molecule has 0 atom stereocenters. The smallest absolute Gasteiger partial charge is 0.257 e. The number of para-hydroxylation sites is 2. The largest absolute Gasteiger partial charge is 0.322 e. The molecule has 0 fully saturated rings. The van der Waals surface area contributed by atoms with Crippen molar-refractivity contribution in [1.82, 2.24) is 9.97 Å². The average molecular weight is 315 g/mol. The zero-order valence-corrected chi connectivity index (χ0v) is 12.6. The van der Waals surface area contributed by atoms with Crippen molar-refractivity contribution >= 4 is 33.5 Å². The van der Waals surface area contributed by atoms with Gasteiger partial charge in [0.05, 0.1) is 11.1 Å². The van der Waals surface area contributed by atoms with E-state index in [1.165, 1.54) is 6.07 Å². The van der Waals surface area contributed by atoms with Gasteiger partial charge < -0.3 is 10.3 Å². The maximum absolute atomic E-state index is 12.6. The number of benzene rings is 2. The second-order valence-electron chi connectivity index (χ2n) is 5.44. The van der Waals surface area contributed by atoms with E-state index >= 15 is 0 Å². The maximum atomic E-state index is 12.6. The lowest BCUT2D eigenvalue weighted by molar-refractivity contribution is 0.102. The van der Waals surface area contributed by atoms with Crippen molar-refractivity contribution in [1.29, 1.82) is 0 Å². The number of amides is 1. The number of aromatic nitrogens is 2. The Morgan fingerprint density at radius 3 is 2.67 bits per heavy atom. The first-order chi connectivity index (χ1) is 11.7. The molecule has 2 aromatic heterocycles. The van der Waals surface area contributed by atoms with Gasteiger partial charge in [0.25, 0.3) is 5.91 Å². The van der Waals surface area contributed by atoms with Crippen LogP contribution >= 0.6 is 0 Å². The van der Waals surface area contributed by atoms with Gasteiger partial charge in [0.2, 0.25) is 5.56 Å². The van der Waals surface area contributed by atoms with Crippen molar-refractivity contribution in [2.24, 2.45) is 0 Å². The number of aromatic amines is 1. The maximum Gasteiger partial charge on any atom is 0.257 e. The Morgan fingerprint density at radius 1 is 0.958 bits per heavy atom. The van der Waals surface area contributed by atoms with Crippen LogP contribution in [0.4, 0.5) is 5.82 Å². The summed E-state index contributed by atoms with van der Waals surface area (Å²) in [5.74, 6) is 0.0862. The normalized spacial score (nSPS) is 10.8. The summed E-state index contributed by atoms with van der Waals surface area (Å²) in [4.78, 5) is 31.5. The standard InChI is InChI=1S/C19H13N3O2/c23-18-11-14(13-6-2-4-8-16(13)21-18)19(24)22-17-10-9-12-5-1-3-7-15(12)20-17/h1-11H,(H,21,23)(H,20,22,24). The molecular weight excluding hydrogens is 302 g/mol. The van der Waals surface area contributed by atoms with Crippen LogP contribution in [0.5, 0.6) is 0 Å². The van der Waals surface area contributed by atoms with Crippen LogP contribution in [-0.2, 0) is 0 Å². The van der Waals surface area contributed by atoms with Gasteiger partial charge in [-0.15, -0.1) is 0 Å². The van der Waals surface area contributed by atoms with E-state index in [4.69, 9.17) is 0 Å². The molecule has 0 aliphatic rings. The van der Waals surface area contributed by atoms with Gasteiger partial charge in [-0.2, -0.15) is 0 Å². The average Bonchev–Trinajstić information content (AvgIpc) is 2.60. The number of anilines is 1. The second-order valence-corrected chi connectivity index (χ2v) is 5.44. The van der Waals surface area contributed by atoms with E-state index in [2.05, 4.69) is 15.3 Å². The molecule has 0 bridgehead atoms. The Labute approximate surface area is 137 Å². The highest BCUT2D eigenvalue weighted by Crippen LogP contribution is 2.18. The predicted molar refractivity (Wildman–Crippen MR) is 94.3 cm³/mol. The third-order valence-corrected chi connectivity index (χ3v) is 3.84. The molecule has 0 saturated carbocycles. The topological polar surface area (TPSA) is 74.8 Å². The summed E-state index contributed by atoms with van der Waals surface area (Å²) in [6, 6.07) is 19.8. The number of rotatable bonds is 2. The van der Waals surface area contributed by atoms with Crippen molar-refractivity contribution in [3.05, 3.63) is 82.6 Å². The van der Waals surface area contributed by atoms with Crippen LogP contribution in [0.1, 0.15) is 10.4 Å². The number of carbonyl (C=O) groups is 1. The Kier molecular flexibility index (Phi) is 3.31. The van der Waals surface area contributed by atoms with Gasteiger partial charge in [-0.3, -0.25) is 9.59 Å². The first kappa shape index (κ1) is 14.1. The summed E-state index contributed by atoms with van der Waals surface area (Å²) < 4.78 is 0. The lowest BCUT2D eigenvalue weighted by Crippen LogP contribution is -2.17. The molecule has 1 amide bonds. The van der Waals surface area contributed by atoms with Crippen molar-refractivity contribution in [2.75, 3.05) is 5.32 Å². The quantitative estimate of drug-likeness (QED) is 0.596. The number of H-pyrrole nitrogens is 1. The third-order valence-electron chi connectivity index (χ3n) is 3.84. The highest BCUT2D eigenvalue weighted by molar-refractivity contribution is 6.12. The Balaban J connectivity index is 1.74. The van der Waals surface area contributed by atoms with E-state index in [-0.39, 0.29) is 11.5 Å². The number of nitrogens with zero attached hydrogens (tertiary/aromatic N) is 1. The number of hydrogen-bond donors (Lipinski definition) is 2. The highest BCUT2D eigenvalue weighted by atomic mass is 16.2. The Bertz CT molecular complexity index is 1130. The molecule has 4 rings (SSSR count). The van der Waals surface area contributed by atoms with Crippen LogP contribution in [0.15, 0.2) is 71.5 Å². The number of nitrogens with one attached hydrogen (secondary N) is 2. The molecule has 0 saturated heterocycles.